The van der Waals surface area contributed by atoms with E-state index in [0.717, 1.165) is 0 Å². The molecule has 0 amide bonds. The molecule has 0 saturated carbocycles. The summed E-state index contributed by atoms with van der Waals surface area (Å²) < 4.78 is 31.8. The van der Waals surface area contributed by atoms with Gasteiger partial charge in [0.15, 0.2) is 17.2 Å². The predicted octanol–water partition coefficient (Wildman–Crippen LogP) is 1.60. The third kappa shape index (κ3) is 1.35. The van der Waals surface area contributed by atoms with Crippen LogP contribution >= 0.6 is 0 Å². The van der Waals surface area contributed by atoms with Crippen LogP contribution in [0.3, 0.4) is 0 Å². The molecule has 0 atom stereocenters. The first-order valence-electron chi connectivity index (χ1n) is 4.39. The molecule has 1 N–H and O–H groups in total. The Morgan fingerprint density at radius 3 is 2.57 bits per heavy atom. The van der Waals surface area contributed by atoms with Crippen LogP contribution in [0.5, 0.6) is 5.75 Å². The molecule has 0 radical (unpaired) electrons. The van der Waals surface area contributed by atoms with E-state index in [4.69, 9.17) is 4.74 Å². The predicted molar refractivity (Wildman–Crippen MR) is 48.6 cm³/mol. The van der Waals surface area contributed by atoms with Crippen molar-refractivity contribution in [3.05, 3.63) is 29.6 Å². The first-order valence-corrected chi connectivity index (χ1v) is 4.39. The molecule has 0 bridgehead atoms. The minimum atomic E-state index is -1.41. The lowest BCUT2D eigenvalue weighted by molar-refractivity contribution is 0.0886. The van der Waals surface area contributed by atoms with Gasteiger partial charge in [0.1, 0.15) is 0 Å². The number of methoxy groups -OCH3 is 1. The van der Waals surface area contributed by atoms with Crippen LogP contribution in [-0.4, -0.2) is 20.2 Å². The monoisotopic (exact) mass is 199 g/mol. The van der Waals surface area contributed by atoms with Gasteiger partial charge in [-0.2, -0.15) is 0 Å². The molecule has 1 fully saturated rings. The largest absolute Gasteiger partial charge is 0.494 e. The Kier molecular flexibility index (Phi) is 2.15. The molecule has 2 nitrogen and oxygen atoms in total. The van der Waals surface area contributed by atoms with E-state index >= 15 is 0 Å². The van der Waals surface area contributed by atoms with Gasteiger partial charge >= 0.3 is 0 Å². The van der Waals surface area contributed by atoms with Crippen LogP contribution in [0.15, 0.2) is 18.2 Å². The molecule has 0 unspecified atom stereocenters. The van der Waals surface area contributed by atoms with Gasteiger partial charge in [-0.3, -0.25) is 0 Å². The zero-order valence-electron chi connectivity index (χ0n) is 7.81. The van der Waals surface area contributed by atoms with Crippen molar-refractivity contribution in [2.45, 2.75) is 5.67 Å². The summed E-state index contributed by atoms with van der Waals surface area (Å²) in [4.78, 5) is 0. The van der Waals surface area contributed by atoms with Crippen LogP contribution in [0, 0.1) is 5.82 Å². The molecular weight excluding hydrogens is 188 g/mol. The van der Waals surface area contributed by atoms with Crippen LogP contribution in [0.4, 0.5) is 8.78 Å². The Hall–Kier alpha value is -1.16. The van der Waals surface area contributed by atoms with Crippen molar-refractivity contribution in [1.29, 1.82) is 0 Å². The Morgan fingerprint density at radius 1 is 1.43 bits per heavy atom. The van der Waals surface area contributed by atoms with Crippen LogP contribution in [0.25, 0.3) is 0 Å². The normalized spacial score (nSPS) is 18.8. The van der Waals surface area contributed by atoms with Gasteiger partial charge < -0.3 is 10.1 Å². The SMILES string of the molecule is COc1ccc(C2(F)CNC2)cc1F. The highest BCUT2D eigenvalue weighted by Crippen LogP contribution is 2.32. The molecule has 14 heavy (non-hydrogen) atoms. The molecule has 1 heterocycles. The Morgan fingerprint density at radius 2 is 2.14 bits per heavy atom. The highest BCUT2D eigenvalue weighted by Gasteiger charge is 2.39. The summed E-state index contributed by atoms with van der Waals surface area (Å²) in [7, 11) is 1.38. The van der Waals surface area contributed by atoms with Crippen molar-refractivity contribution < 1.29 is 13.5 Å². The number of alkyl halides is 1. The fourth-order valence-electron chi connectivity index (χ4n) is 1.49. The van der Waals surface area contributed by atoms with Gasteiger partial charge in [-0.05, 0) is 17.7 Å². The molecule has 1 aliphatic heterocycles. The summed E-state index contributed by atoms with van der Waals surface area (Å²) in [6.45, 7) is 0.498. The highest BCUT2D eigenvalue weighted by atomic mass is 19.1. The molecule has 76 valence electrons. The maximum absolute atomic E-state index is 13.8. The first-order chi connectivity index (χ1) is 6.65. The third-order valence-electron chi connectivity index (χ3n) is 2.48. The van der Waals surface area contributed by atoms with Crippen LogP contribution in [-0.2, 0) is 5.67 Å². The molecule has 0 aromatic heterocycles. The quantitative estimate of drug-likeness (QED) is 0.781. The van der Waals surface area contributed by atoms with E-state index in [1.54, 1.807) is 6.07 Å². The van der Waals surface area contributed by atoms with Crippen molar-refractivity contribution in [3.8, 4) is 5.75 Å². The fraction of sp³-hybridized carbons (Fsp3) is 0.400. The average Bonchev–Trinajstić information content (AvgIpc) is 2.14. The summed E-state index contributed by atoms with van der Waals surface area (Å²) in [5.41, 5.74) is -1.04. The summed E-state index contributed by atoms with van der Waals surface area (Å²) in [5, 5.41) is 2.82. The molecule has 1 saturated heterocycles. The topological polar surface area (TPSA) is 21.3 Å². The van der Waals surface area contributed by atoms with Gasteiger partial charge in [0.2, 0.25) is 0 Å². The van der Waals surface area contributed by atoms with Gasteiger partial charge in [0.05, 0.1) is 7.11 Å². The van der Waals surface area contributed by atoms with E-state index in [9.17, 15) is 8.78 Å². The van der Waals surface area contributed by atoms with E-state index in [2.05, 4.69) is 5.32 Å². The van der Waals surface area contributed by atoms with E-state index in [-0.39, 0.29) is 18.8 Å². The van der Waals surface area contributed by atoms with Crippen molar-refractivity contribution in [3.63, 3.8) is 0 Å². The summed E-state index contributed by atoms with van der Waals surface area (Å²) in [6, 6.07) is 4.20. The van der Waals surface area contributed by atoms with E-state index < -0.39 is 11.5 Å². The van der Waals surface area contributed by atoms with Gasteiger partial charge in [-0.1, -0.05) is 6.07 Å². The zero-order chi connectivity index (χ0) is 10.2. The molecule has 1 aliphatic rings. The zero-order valence-corrected chi connectivity index (χ0v) is 7.81. The van der Waals surface area contributed by atoms with E-state index in [0.29, 0.717) is 5.56 Å². The first kappa shape index (κ1) is 9.40. The van der Waals surface area contributed by atoms with E-state index in [1.165, 1.54) is 19.2 Å². The number of hydrogen-bond donors (Lipinski definition) is 1. The lowest BCUT2D eigenvalue weighted by Gasteiger charge is -2.35. The molecular formula is C10H11F2NO. The summed E-state index contributed by atoms with van der Waals surface area (Å²) >= 11 is 0. The second kappa shape index (κ2) is 3.20. The second-order valence-corrected chi connectivity index (χ2v) is 3.42. The smallest absolute Gasteiger partial charge is 0.165 e. The van der Waals surface area contributed by atoms with Crippen molar-refractivity contribution >= 4 is 0 Å². The second-order valence-electron chi connectivity index (χ2n) is 3.42. The summed E-state index contributed by atoms with van der Waals surface area (Å²) in [5.74, 6) is -0.376. The average molecular weight is 199 g/mol. The number of nitrogens with one attached hydrogen (secondary N) is 1. The lowest BCUT2D eigenvalue weighted by atomic mass is 9.90. The number of hydrogen-bond acceptors (Lipinski definition) is 2. The maximum atomic E-state index is 13.8. The number of benzene rings is 1. The molecule has 1 aromatic rings. The van der Waals surface area contributed by atoms with Gasteiger partial charge in [-0.15, -0.1) is 0 Å². The molecule has 0 spiro atoms. The van der Waals surface area contributed by atoms with Gasteiger partial charge in [0.25, 0.3) is 0 Å². The van der Waals surface area contributed by atoms with Gasteiger partial charge in [0, 0.05) is 13.1 Å². The minimum absolute atomic E-state index is 0.143. The van der Waals surface area contributed by atoms with Crippen molar-refractivity contribution in [2.75, 3.05) is 20.2 Å². The Balaban J connectivity index is 2.32. The summed E-state index contributed by atoms with van der Waals surface area (Å²) in [6.07, 6.45) is 0. The number of halogens is 2. The van der Waals surface area contributed by atoms with Crippen LogP contribution in [0.1, 0.15) is 5.56 Å². The third-order valence-corrected chi connectivity index (χ3v) is 2.48. The Labute approximate surface area is 80.9 Å². The number of rotatable bonds is 2. The van der Waals surface area contributed by atoms with Crippen LogP contribution in [0.2, 0.25) is 0 Å². The standard InChI is InChI=1S/C10H11F2NO/c1-14-9-3-2-7(4-8(9)11)10(12)5-13-6-10/h2-4,13H,5-6H2,1H3. The fourth-order valence-corrected chi connectivity index (χ4v) is 1.49. The van der Waals surface area contributed by atoms with Crippen molar-refractivity contribution in [1.82, 2.24) is 5.32 Å². The van der Waals surface area contributed by atoms with Crippen molar-refractivity contribution in [2.24, 2.45) is 0 Å². The van der Waals surface area contributed by atoms with E-state index in [1.807, 2.05) is 0 Å². The Bertz CT molecular complexity index is 350. The maximum Gasteiger partial charge on any atom is 0.165 e. The molecule has 0 aliphatic carbocycles. The van der Waals surface area contributed by atoms with Gasteiger partial charge in [-0.25, -0.2) is 8.78 Å². The molecule has 1 aromatic carbocycles. The lowest BCUT2D eigenvalue weighted by Crippen LogP contribution is -2.53. The highest BCUT2D eigenvalue weighted by molar-refractivity contribution is 5.34. The molecule has 2 rings (SSSR count). The number of ether oxygens (including phenoxy) is 1. The minimum Gasteiger partial charge on any atom is -0.494 e. The van der Waals surface area contributed by atoms with Crippen LogP contribution < -0.4 is 10.1 Å². The molecule has 4 heteroatoms.